The Morgan fingerprint density at radius 2 is 1.74 bits per heavy atom. The van der Waals surface area contributed by atoms with E-state index in [0.717, 1.165) is 44.9 Å². The van der Waals surface area contributed by atoms with E-state index in [4.69, 9.17) is 0 Å². The molecule has 5 nitrogen and oxygen atoms in total. The average Bonchev–Trinajstić information content (AvgIpc) is 2.80. The van der Waals surface area contributed by atoms with Gasteiger partial charge in [0.2, 0.25) is 17.7 Å². The number of hydrogen-bond donors (Lipinski definition) is 0. The molecule has 0 aromatic rings. The normalized spacial score (nSPS) is 25.4. The van der Waals surface area contributed by atoms with Gasteiger partial charge >= 0.3 is 0 Å². The molecule has 0 aromatic heterocycles. The van der Waals surface area contributed by atoms with Crippen molar-refractivity contribution in [3.63, 3.8) is 0 Å². The van der Waals surface area contributed by atoms with E-state index in [1.807, 2.05) is 11.8 Å². The maximum absolute atomic E-state index is 12.7. The van der Waals surface area contributed by atoms with Crippen LogP contribution in [0.3, 0.4) is 0 Å². The first kappa shape index (κ1) is 18.0. The maximum atomic E-state index is 12.7. The fourth-order valence-corrected chi connectivity index (χ4v) is 3.75. The number of unbranched alkanes of at least 4 members (excludes halogenated alkanes) is 1. The monoisotopic (exact) mass is 322 g/mol. The summed E-state index contributed by atoms with van der Waals surface area (Å²) in [5, 5.41) is 0. The highest BCUT2D eigenvalue weighted by Gasteiger charge is 2.48. The first-order chi connectivity index (χ1) is 11.0. The molecule has 3 amide bonds. The maximum Gasteiger partial charge on any atom is 0.242 e. The highest BCUT2D eigenvalue weighted by atomic mass is 16.2. The minimum absolute atomic E-state index is 0.0707. The van der Waals surface area contributed by atoms with Crippen LogP contribution in [0.1, 0.15) is 65.7 Å². The Hall–Kier alpha value is -1.39. The van der Waals surface area contributed by atoms with Crippen LogP contribution in [0.5, 0.6) is 0 Å². The van der Waals surface area contributed by atoms with Crippen LogP contribution >= 0.6 is 0 Å². The van der Waals surface area contributed by atoms with Crippen LogP contribution in [-0.4, -0.2) is 46.7 Å². The van der Waals surface area contributed by atoms with Crippen LogP contribution in [0.2, 0.25) is 0 Å². The number of nitrogens with zero attached hydrogens (tertiary/aromatic N) is 2. The number of likely N-dealkylation sites (tertiary alicyclic amines) is 1. The van der Waals surface area contributed by atoms with Crippen LogP contribution in [0, 0.1) is 11.8 Å². The number of fused-ring (bicyclic) bond motifs is 1. The van der Waals surface area contributed by atoms with Gasteiger partial charge in [-0.15, -0.1) is 0 Å². The summed E-state index contributed by atoms with van der Waals surface area (Å²) < 4.78 is 0. The van der Waals surface area contributed by atoms with E-state index in [1.165, 1.54) is 4.90 Å². The largest absolute Gasteiger partial charge is 0.338 e. The van der Waals surface area contributed by atoms with Crippen molar-refractivity contribution in [1.29, 1.82) is 0 Å². The summed E-state index contributed by atoms with van der Waals surface area (Å²) in [5.41, 5.74) is 0. The lowest BCUT2D eigenvalue weighted by atomic mass is 9.81. The van der Waals surface area contributed by atoms with Crippen LogP contribution in [0.25, 0.3) is 0 Å². The van der Waals surface area contributed by atoms with E-state index in [1.54, 1.807) is 0 Å². The molecule has 0 bridgehead atoms. The number of carbonyl (C=O) groups is 3. The molecule has 2 fully saturated rings. The minimum Gasteiger partial charge on any atom is -0.338 e. The second-order valence-electron chi connectivity index (χ2n) is 6.96. The third-order valence-corrected chi connectivity index (χ3v) is 5.42. The highest BCUT2D eigenvalue weighted by molar-refractivity contribution is 6.07. The molecule has 0 N–H and O–H groups in total. The fourth-order valence-electron chi connectivity index (χ4n) is 3.75. The molecule has 3 unspecified atom stereocenters. The van der Waals surface area contributed by atoms with Crippen molar-refractivity contribution < 1.29 is 14.4 Å². The Balaban J connectivity index is 2.05. The van der Waals surface area contributed by atoms with Crippen molar-refractivity contribution >= 4 is 17.7 Å². The van der Waals surface area contributed by atoms with Gasteiger partial charge < -0.3 is 4.90 Å². The molecule has 130 valence electrons. The third-order valence-electron chi connectivity index (χ3n) is 5.42. The standard InChI is InChI=1S/C18H30N2O3/c1-4-6-11-19(13(3)5-2)16(21)12-20-17(22)14-9-7-8-10-15(14)18(20)23/h13-15H,4-12H2,1-3H3. The van der Waals surface area contributed by atoms with Crippen LogP contribution in [0.15, 0.2) is 0 Å². The average molecular weight is 322 g/mol. The van der Waals surface area contributed by atoms with Gasteiger partial charge in [-0.1, -0.05) is 33.1 Å². The van der Waals surface area contributed by atoms with Crippen LogP contribution in [-0.2, 0) is 14.4 Å². The lowest BCUT2D eigenvalue weighted by Crippen LogP contribution is -2.46. The molecule has 0 radical (unpaired) electrons. The smallest absolute Gasteiger partial charge is 0.242 e. The molecule has 0 aromatic carbocycles. The Morgan fingerprint density at radius 3 is 2.22 bits per heavy atom. The summed E-state index contributed by atoms with van der Waals surface area (Å²) in [6, 6.07) is 0.143. The van der Waals surface area contributed by atoms with Gasteiger partial charge in [-0.05, 0) is 32.6 Å². The number of amides is 3. The summed E-state index contributed by atoms with van der Waals surface area (Å²) in [6.07, 6.45) is 6.46. The molecule has 2 aliphatic rings. The Morgan fingerprint density at radius 1 is 1.17 bits per heavy atom. The second kappa shape index (κ2) is 7.93. The van der Waals surface area contributed by atoms with Gasteiger partial charge in [-0.3, -0.25) is 19.3 Å². The molecule has 2 rings (SSSR count). The zero-order valence-electron chi connectivity index (χ0n) is 14.7. The topological polar surface area (TPSA) is 57.7 Å². The molecule has 23 heavy (non-hydrogen) atoms. The molecule has 1 heterocycles. The highest BCUT2D eigenvalue weighted by Crippen LogP contribution is 2.37. The Labute approximate surface area is 139 Å². The van der Waals surface area contributed by atoms with Crippen molar-refractivity contribution in [3.8, 4) is 0 Å². The van der Waals surface area contributed by atoms with Gasteiger partial charge in [0.1, 0.15) is 6.54 Å². The van der Waals surface area contributed by atoms with Gasteiger partial charge in [0.05, 0.1) is 11.8 Å². The lowest BCUT2D eigenvalue weighted by Gasteiger charge is -2.30. The predicted molar refractivity (Wildman–Crippen MR) is 88.5 cm³/mol. The SMILES string of the molecule is CCCCN(C(=O)CN1C(=O)C2CCCCC2C1=O)C(C)CC. The lowest BCUT2D eigenvalue weighted by molar-refractivity contribution is -0.147. The van der Waals surface area contributed by atoms with Crippen LogP contribution in [0.4, 0.5) is 0 Å². The quantitative estimate of drug-likeness (QED) is 0.677. The summed E-state index contributed by atoms with van der Waals surface area (Å²) in [7, 11) is 0. The van der Waals surface area contributed by atoms with E-state index >= 15 is 0 Å². The summed E-state index contributed by atoms with van der Waals surface area (Å²) in [5.74, 6) is -0.665. The fraction of sp³-hybridized carbons (Fsp3) is 0.833. The molecule has 1 saturated heterocycles. The predicted octanol–water partition coefficient (Wildman–Crippen LogP) is 2.59. The van der Waals surface area contributed by atoms with E-state index in [2.05, 4.69) is 13.8 Å². The van der Waals surface area contributed by atoms with Crippen molar-refractivity contribution in [1.82, 2.24) is 9.80 Å². The molecule has 3 atom stereocenters. The van der Waals surface area contributed by atoms with Gasteiger partial charge in [0.15, 0.2) is 0 Å². The summed E-state index contributed by atoms with van der Waals surface area (Å²) in [4.78, 5) is 40.8. The third kappa shape index (κ3) is 3.75. The zero-order chi connectivity index (χ0) is 17.0. The first-order valence-electron chi connectivity index (χ1n) is 9.15. The number of imide groups is 1. The summed E-state index contributed by atoms with van der Waals surface area (Å²) in [6.45, 7) is 6.81. The van der Waals surface area contributed by atoms with Gasteiger partial charge in [-0.25, -0.2) is 0 Å². The molecular formula is C18H30N2O3. The van der Waals surface area contributed by atoms with Crippen molar-refractivity contribution in [2.24, 2.45) is 11.8 Å². The van der Waals surface area contributed by atoms with E-state index in [0.29, 0.717) is 6.54 Å². The summed E-state index contributed by atoms with van der Waals surface area (Å²) >= 11 is 0. The number of hydrogen-bond acceptors (Lipinski definition) is 3. The van der Waals surface area contributed by atoms with Gasteiger partial charge in [0, 0.05) is 12.6 Å². The first-order valence-corrected chi connectivity index (χ1v) is 9.15. The molecule has 1 saturated carbocycles. The number of carbonyl (C=O) groups excluding carboxylic acids is 3. The van der Waals surface area contributed by atoms with E-state index < -0.39 is 0 Å². The van der Waals surface area contributed by atoms with Gasteiger partial charge in [0.25, 0.3) is 0 Å². The van der Waals surface area contributed by atoms with E-state index in [9.17, 15) is 14.4 Å². The molecule has 1 aliphatic carbocycles. The molecular weight excluding hydrogens is 292 g/mol. The minimum atomic E-state index is -0.170. The molecule has 5 heteroatoms. The Bertz CT molecular complexity index is 439. The van der Waals surface area contributed by atoms with Crippen molar-refractivity contribution in [2.45, 2.75) is 71.8 Å². The number of rotatable bonds is 7. The van der Waals surface area contributed by atoms with Gasteiger partial charge in [-0.2, -0.15) is 0 Å². The van der Waals surface area contributed by atoms with Crippen LogP contribution < -0.4 is 0 Å². The van der Waals surface area contributed by atoms with Crippen molar-refractivity contribution in [2.75, 3.05) is 13.1 Å². The van der Waals surface area contributed by atoms with Crippen molar-refractivity contribution in [3.05, 3.63) is 0 Å². The van der Waals surface area contributed by atoms with E-state index in [-0.39, 0.29) is 42.1 Å². The second-order valence-corrected chi connectivity index (χ2v) is 6.96. The Kier molecular flexibility index (Phi) is 6.19. The molecule has 0 spiro atoms. The molecule has 1 aliphatic heterocycles. The zero-order valence-corrected chi connectivity index (χ0v) is 14.7.